The maximum absolute atomic E-state index is 12.8. The fraction of sp³-hybridized carbons (Fsp3) is 0.296. The molecule has 0 radical (unpaired) electrons. The van der Waals surface area contributed by atoms with Gasteiger partial charge in [-0.1, -0.05) is 60.7 Å². The highest BCUT2D eigenvalue weighted by molar-refractivity contribution is 5.94. The molecule has 3 nitrogen and oxygen atoms in total. The lowest BCUT2D eigenvalue weighted by Gasteiger charge is -2.45. The second-order valence-corrected chi connectivity index (χ2v) is 8.93. The minimum atomic E-state index is 0.0226. The quantitative estimate of drug-likeness (QED) is 0.673. The first-order chi connectivity index (χ1) is 14.6. The second kappa shape index (κ2) is 7.73. The van der Waals surface area contributed by atoms with Crippen molar-refractivity contribution >= 4 is 5.91 Å². The van der Waals surface area contributed by atoms with E-state index in [1.807, 2.05) is 24.3 Å². The molecule has 1 N–H and O–H groups in total. The molecule has 1 amide bonds. The van der Waals surface area contributed by atoms with Gasteiger partial charge in [0.15, 0.2) is 0 Å². The third-order valence-corrected chi connectivity index (χ3v) is 6.66. The zero-order valence-electron chi connectivity index (χ0n) is 17.6. The Labute approximate surface area is 178 Å². The summed E-state index contributed by atoms with van der Waals surface area (Å²) in [5.74, 6) is 1.26. The summed E-state index contributed by atoms with van der Waals surface area (Å²) in [6.45, 7) is 1.59. The van der Waals surface area contributed by atoms with Crippen LogP contribution in [0.1, 0.15) is 56.4 Å². The number of benzene rings is 3. The molecule has 0 heterocycles. The summed E-state index contributed by atoms with van der Waals surface area (Å²) in [6.07, 6.45) is 1.10. The Morgan fingerprint density at radius 2 is 1.43 bits per heavy atom. The number of hydrogen-bond donors (Lipinski definition) is 1. The summed E-state index contributed by atoms with van der Waals surface area (Å²) in [5, 5.41) is 3.23. The van der Waals surface area contributed by atoms with E-state index in [4.69, 9.17) is 0 Å². The Hall–Kier alpha value is -2.91. The van der Waals surface area contributed by atoms with Crippen LogP contribution in [0.25, 0.3) is 0 Å². The maximum atomic E-state index is 12.8. The van der Waals surface area contributed by atoms with Crippen molar-refractivity contribution in [1.29, 1.82) is 0 Å². The van der Waals surface area contributed by atoms with Crippen LogP contribution >= 0.6 is 0 Å². The van der Waals surface area contributed by atoms with Gasteiger partial charge in [0.05, 0.1) is 0 Å². The average Bonchev–Trinajstić information content (AvgIpc) is 2.78. The zero-order chi connectivity index (χ0) is 20.7. The molecule has 1 atom stereocenters. The zero-order valence-corrected chi connectivity index (χ0v) is 17.6. The molecule has 3 aromatic carbocycles. The van der Waals surface area contributed by atoms with Gasteiger partial charge in [-0.3, -0.25) is 4.79 Å². The van der Waals surface area contributed by atoms with Crippen LogP contribution in [0.15, 0.2) is 72.8 Å². The molecular weight excluding hydrogens is 368 g/mol. The van der Waals surface area contributed by atoms with Crippen LogP contribution < -0.4 is 5.32 Å². The molecule has 3 aliphatic rings. The van der Waals surface area contributed by atoms with Crippen molar-refractivity contribution in [2.45, 2.75) is 24.8 Å². The molecule has 0 aliphatic heterocycles. The third kappa shape index (κ3) is 3.33. The molecule has 0 saturated heterocycles. The molecule has 6 rings (SSSR count). The summed E-state index contributed by atoms with van der Waals surface area (Å²) in [4.78, 5) is 14.9. The molecule has 0 fully saturated rings. The van der Waals surface area contributed by atoms with Crippen molar-refractivity contribution < 1.29 is 4.79 Å². The predicted molar refractivity (Wildman–Crippen MR) is 121 cm³/mol. The first-order valence-electron chi connectivity index (χ1n) is 10.8. The Balaban J connectivity index is 1.33. The molecule has 3 aromatic rings. The van der Waals surface area contributed by atoms with Crippen LogP contribution in [-0.4, -0.2) is 31.4 Å². The van der Waals surface area contributed by atoms with Gasteiger partial charge in [0, 0.05) is 30.5 Å². The Morgan fingerprint density at radius 3 is 2.00 bits per heavy atom. The molecule has 30 heavy (non-hydrogen) atoms. The summed E-state index contributed by atoms with van der Waals surface area (Å²) in [5.41, 5.74) is 7.79. The Kier molecular flexibility index (Phi) is 4.92. The average molecular weight is 397 g/mol. The van der Waals surface area contributed by atoms with E-state index in [2.05, 4.69) is 72.8 Å². The highest BCUT2D eigenvalue weighted by Crippen LogP contribution is 2.55. The van der Waals surface area contributed by atoms with E-state index >= 15 is 0 Å². The highest BCUT2D eigenvalue weighted by Gasteiger charge is 2.42. The van der Waals surface area contributed by atoms with E-state index in [-0.39, 0.29) is 5.91 Å². The molecular formula is C27H28N2O. The van der Waals surface area contributed by atoms with Gasteiger partial charge >= 0.3 is 0 Å². The van der Waals surface area contributed by atoms with Gasteiger partial charge in [0.1, 0.15) is 0 Å². The molecule has 2 bridgehead atoms. The van der Waals surface area contributed by atoms with Gasteiger partial charge in [0.2, 0.25) is 0 Å². The maximum Gasteiger partial charge on any atom is 0.251 e. The minimum Gasteiger partial charge on any atom is -0.352 e. The van der Waals surface area contributed by atoms with Crippen LogP contribution in [0.3, 0.4) is 0 Å². The molecule has 0 aromatic heterocycles. The number of fused-ring (bicyclic) bond motifs is 1. The number of rotatable bonds is 5. The minimum absolute atomic E-state index is 0.0226. The van der Waals surface area contributed by atoms with E-state index < -0.39 is 0 Å². The molecule has 0 saturated carbocycles. The van der Waals surface area contributed by atoms with Crippen molar-refractivity contribution in [3.05, 3.63) is 106 Å². The van der Waals surface area contributed by atoms with Crippen molar-refractivity contribution in [2.24, 2.45) is 5.92 Å². The summed E-state index contributed by atoms with van der Waals surface area (Å²) in [7, 11) is 4.10. The molecule has 3 aliphatic carbocycles. The number of carbonyl (C=O) groups excluding carboxylic acids is 1. The van der Waals surface area contributed by atoms with Crippen molar-refractivity contribution in [2.75, 3.05) is 20.6 Å². The second-order valence-electron chi connectivity index (χ2n) is 8.93. The van der Waals surface area contributed by atoms with Crippen LogP contribution in [0.5, 0.6) is 0 Å². The van der Waals surface area contributed by atoms with E-state index in [9.17, 15) is 4.79 Å². The van der Waals surface area contributed by atoms with Gasteiger partial charge in [0.25, 0.3) is 5.91 Å². The lowest BCUT2D eigenvalue weighted by atomic mass is 9.59. The van der Waals surface area contributed by atoms with Gasteiger partial charge < -0.3 is 10.2 Å². The standard InChI is InChI=1S/C27H28N2O/c1-29(2)17-18-11-13-19(14-12-18)27(30)28-16-20-15-25-21-7-3-5-9-23(21)26(20)24-10-6-4-8-22(24)25/h3-14,20,25-26H,15-17H2,1-2H3,(H,28,30)/t20-,25?,26?/m0/s1. The van der Waals surface area contributed by atoms with Crippen molar-refractivity contribution in [3.8, 4) is 0 Å². The first-order valence-corrected chi connectivity index (χ1v) is 10.8. The van der Waals surface area contributed by atoms with Gasteiger partial charge in [-0.05, 0) is 66.4 Å². The SMILES string of the molecule is CN(C)Cc1ccc(C(=O)NC[C@@H]2CC3c4ccccc4C2c2ccccc23)cc1. The Bertz CT molecular complexity index is 1020. The number of nitrogens with one attached hydrogen (secondary N) is 1. The number of carbonyl (C=O) groups is 1. The molecule has 0 unspecified atom stereocenters. The molecule has 3 heteroatoms. The lowest BCUT2D eigenvalue weighted by molar-refractivity contribution is 0.0943. The summed E-state index contributed by atoms with van der Waals surface area (Å²) >= 11 is 0. The predicted octanol–water partition coefficient (Wildman–Crippen LogP) is 4.78. The largest absolute Gasteiger partial charge is 0.352 e. The lowest BCUT2D eigenvalue weighted by Crippen LogP contribution is -2.39. The third-order valence-electron chi connectivity index (χ3n) is 6.66. The summed E-state index contributed by atoms with van der Waals surface area (Å²) in [6, 6.07) is 25.7. The molecule has 0 spiro atoms. The van der Waals surface area contributed by atoms with E-state index in [0.29, 0.717) is 24.3 Å². The molecule has 152 valence electrons. The Morgan fingerprint density at radius 1 is 0.867 bits per heavy atom. The van der Waals surface area contributed by atoms with E-state index in [0.717, 1.165) is 18.5 Å². The van der Waals surface area contributed by atoms with Crippen LogP contribution in [0.4, 0.5) is 0 Å². The van der Waals surface area contributed by atoms with Crippen molar-refractivity contribution in [1.82, 2.24) is 10.2 Å². The fourth-order valence-electron chi connectivity index (χ4n) is 5.41. The highest BCUT2D eigenvalue weighted by atomic mass is 16.1. The topological polar surface area (TPSA) is 32.3 Å². The van der Waals surface area contributed by atoms with Crippen LogP contribution in [0, 0.1) is 5.92 Å². The first kappa shape index (κ1) is 19.1. The summed E-state index contributed by atoms with van der Waals surface area (Å²) < 4.78 is 0. The van der Waals surface area contributed by atoms with Crippen LogP contribution in [-0.2, 0) is 6.54 Å². The monoisotopic (exact) mass is 396 g/mol. The normalized spacial score (nSPS) is 21.2. The van der Waals surface area contributed by atoms with E-state index in [1.54, 1.807) is 0 Å². The van der Waals surface area contributed by atoms with E-state index in [1.165, 1.54) is 27.8 Å². The number of hydrogen-bond acceptors (Lipinski definition) is 2. The van der Waals surface area contributed by atoms with Gasteiger partial charge in [-0.2, -0.15) is 0 Å². The number of nitrogens with zero attached hydrogens (tertiary/aromatic N) is 1. The van der Waals surface area contributed by atoms with Crippen LogP contribution in [0.2, 0.25) is 0 Å². The van der Waals surface area contributed by atoms with Gasteiger partial charge in [-0.15, -0.1) is 0 Å². The smallest absolute Gasteiger partial charge is 0.251 e. The number of amides is 1. The van der Waals surface area contributed by atoms with Crippen molar-refractivity contribution in [3.63, 3.8) is 0 Å². The fourth-order valence-corrected chi connectivity index (χ4v) is 5.41. The van der Waals surface area contributed by atoms with Gasteiger partial charge in [-0.25, -0.2) is 0 Å².